The highest BCUT2D eigenvalue weighted by Crippen LogP contribution is 2.36. The molecule has 0 bridgehead atoms. The summed E-state index contributed by atoms with van der Waals surface area (Å²) in [7, 11) is -0.852. The van der Waals surface area contributed by atoms with Crippen molar-refractivity contribution in [2.75, 3.05) is 20.8 Å². The largest absolute Gasteiger partial charge is 0.493 e. The van der Waals surface area contributed by atoms with Gasteiger partial charge in [0.2, 0.25) is 10.0 Å². The zero-order valence-corrected chi connectivity index (χ0v) is 16.1. The molecule has 2 atom stereocenters. The maximum atomic E-state index is 12.7. The molecule has 24 heavy (non-hydrogen) atoms. The zero-order valence-electron chi connectivity index (χ0n) is 13.7. The fourth-order valence-electron chi connectivity index (χ4n) is 2.95. The first-order chi connectivity index (χ1) is 10.9. The van der Waals surface area contributed by atoms with Crippen molar-refractivity contribution >= 4 is 34.0 Å². The number of rotatable bonds is 6. The summed E-state index contributed by atoms with van der Waals surface area (Å²) >= 11 is 6.13. The van der Waals surface area contributed by atoms with Gasteiger partial charge in [-0.1, -0.05) is 24.4 Å². The van der Waals surface area contributed by atoms with Gasteiger partial charge in [0.15, 0.2) is 11.5 Å². The third-order valence-corrected chi connectivity index (χ3v) is 6.20. The summed E-state index contributed by atoms with van der Waals surface area (Å²) in [4.78, 5) is -0.0156. The number of methoxy groups -OCH3 is 2. The first-order valence-corrected chi connectivity index (χ1v) is 9.43. The number of nitrogens with one attached hydrogen (secondary N) is 1. The predicted molar refractivity (Wildman–Crippen MR) is 96.9 cm³/mol. The third-order valence-electron chi connectivity index (χ3n) is 4.25. The molecule has 0 radical (unpaired) electrons. The zero-order chi connectivity index (χ0) is 17.0. The second kappa shape index (κ2) is 9.10. The van der Waals surface area contributed by atoms with Crippen molar-refractivity contribution in [3.63, 3.8) is 0 Å². The third kappa shape index (κ3) is 4.67. The van der Waals surface area contributed by atoms with Gasteiger partial charge in [-0.05, 0) is 25.3 Å². The Kier molecular flexibility index (Phi) is 8.08. The number of ether oxygens (including phenoxy) is 2. The molecular formula is C15H24Cl2N2O4S. The molecule has 1 saturated carbocycles. The molecule has 0 heterocycles. The van der Waals surface area contributed by atoms with Gasteiger partial charge in [-0.25, -0.2) is 13.1 Å². The van der Waals surface area contributed by atoms with E-state index in [0.717, 1.165) is 25.7 Å². The Morgan fingerprint density at radius 1 is 1.21 bits per heavy atom. The SMILES string of the molecule is COc1cc(Cl)c(S(=O)(=O)NC2CCCCC2CN)cc1OC.Cl. The van der Waals surface area contributed by atoms with Gasteiger partial charge in [0.1, 0.15) is 4.90 Å². The highest BCUT2D eigenvalue weighted by atomic mass is 35.5. The van der Waals surface area contributed by atoms with Crippen LogP contribution in [0.15, 0.2) is 17.0 Å². The lowest BCUT2D eigenvalue weighted by Crippen LogP contribution is -2.44. The summed E-state index contributed by atoms with van der Waals surface area (Å²) in [6, 6.07) is 2.66. The number of benzene rings is 1. The highest BCUT2D eigenvalue weighted by Gasteiger charge is 2.30. The first kappa shape index (κ1) is 21.3. The van der Waals surface area contributed by atoms with E-state index in [0.29, 0.717) is 18.0 Å². The number of sulfonamides is 1. The van der Waals surface area contributed by atoms with E-state index in [1.54, 1.807) is 0 Å². The molecule has 2 rings (SSSR count). The second-order valence-corrected chi connectivity index (χ2v) is 7.74. The van der Waals surface area contributed by atoms with Gasteiger partial charge >= 0.3 is 0 Å². The molecule has 0 aromatic heterocycles. The van der Waals surface area contributed by atoms with Gasteiger partial charge in [-0.3, -0.25) is 0 Å². The van der Waals surface area contributed by atoms with Crippen LogP contribution in [-0.2, 0) is 10.0 Å². The lowest BCUT2D eigenvalue weighted by molar-refractivity contribution is 0.296. The van der Waals surface area contributed by atoms with Gasteiger partial charge in [0, 0.05) is 18.2 Å². The first-order valence-electron chi connectivity index (χ1n) is 7.57. The molecule has 1 aromatic rings. The number of halogens is 2. The molecule has 0 aliphatic heterocycles. The van der Waals surface area contributed by atoms with Crippen LogP contribution >= 0.6 is 24.0 Å². The number of nitrogens with two attached hydrogens (primary N) is 1. The van der Waals surface area contributed by atoms with Crippen LogP contribution in [0.4, 0.5) is 0 Å². The van der Waals surface area contributed by atoms with Crippen LogP contribution in [0.2, 0.25) is 5.02 Å². The minimum Gasteiger partial charge on any atom is -0.493 e. The molecule has 138 valence electrons. The Bertz CT molecular complexity index is 655. The van der Waals surface area contributed by atoms with Crippen LogP contribution in [-0.4, -0.2) is 35.2 Å². The molecule has 0 saturated heterocycles. The molecule has 0 spiro atoms. The lowest BCUT2D eigenvalue weighted by Gasteiger charge is -2.31. The quantitative estimate of drug-likeness (QED) is 0.767. The topological polar surface area (TPSA) is 90.7 Å². The van der Waals surface area contributed by atoms with Gasteiger partial charge in [0.25, 0.3) is 0 Å². The molecule has 9 heteroatoms. The monoisotopic (exact) mass is 398 g/mol. The van der Waals surface area contributed by atoms with Crippen LogP contribution in [0, 0.1) is 5.92 Å². The second-order valence-electron chi connectivity index (χ2n) is 5.65. The fraction of sp³-hybridized carbons (Fsp3) is 0.600. The Morgan fingerprint density at radius 3 is 2.38 bits per heavy atom. The fourth-order valence-corrected chi connectivity index (χ4v) is 4.82. The standard InChI is InChI=1S/C15H23ClN2O4S.ClH/c1-21-13-7-11(16)15(8-14(13)22-2)23(19,20)18-12-6-4-3-5-10(12)9-17;/h7-8,10,12,18H,3-6,9,17H2,1-2H3;1H. The van der Waals surface area contributed by atoms with Crippen molar-refractivity contribution in [3.8, 4) is 11.5 Å². The van der Waals surface area contributed by atoms with E-state index < -0.39 is 10.0 Å². The van der Waals surface area contributed by atoms with Crippen molar-refractivity contribution in [2.24, 2.45) is 11.7 Å². The summed E-state index contributed by atoms with van der Waals surface area (Å²) in [6.07, 6.45) is 3.79. The van der Waals surface area contributed by atoms with Crippen molar-refractivity contribution in [2.45, 2.75) is 36.6 Å². The molecule has 1 aliphatic rings. The summed E-state index contributed by atoms with van der Waals surface area (Å²) in [5.41, 5.74) is 5.77. The van der Waals surface area contributed by atoms with E-state index in [-0.39, 0.29) is 34.3 Å². The summed E-state index contributed by atoms with van der Waals surface area (Å²) in [5, 5.41) is 0.0928. The maximum Gasteiger partial charge on any atom is 0.242 e. The smallest absolute Gasteiger partial charge is 0.242 e. The van der Waals surface area contributed by atoms with Crippen molar-refractivity contribution in [1.82, 2.24) is 4.72 Å². The molecule has 1 aliphatic carbocycles. The molecule has 2 unspecified atom stereocenters. The molecule has 3 N–H and O–H groups in total. The molecule has 1 fully saturated rings. The minimum absolute atomic E-state index is 0. The van der Waals surface area contributed by atoms with Crippen molar-refractivity contribution in [1.29, 1.82) is 0 Å². The average molecular weight is 399 g/mol. The van der Waals surface area contributed by atoms with E-state index in [1.807, 2.05) is 0 Å². The van der Waals surface area contributed by atoms with Gasteiger partial charge in [-0.2, -0.15) is 0 Å². The van der Waals surface area contributed by atoms with E-state index in [4.69, 9.17) is 26.8 Å². The Labute approximate surface area is 154 Å². The van der Waals surface area contributed by atoms with Crippen LogP contribution in [0.25, 0.3) is 0 Å². The number of hydrogen-bond acceptors (Lipinski definition) is 5. The van der Waals surface area contributed by atoms with Gasteiger partial charge in [0.05, 0.1) is 19.2 Å². The molecular weight excluding hydrogens is 375 g/mol. The predicted octanol–water partition coefficient (Wildman–Crippen LogP) is 2.57. The summed E-state index contributed by atoms with van der Waals surface area (Å²) < 4.78 is 38.5. The lowest BCUT2D eigenvalue weighted by atomic mass is 9.85. The van der Waals surface area contributed by atoms with E-state index in [9.17, 15) is 8.42 Å². The normalized spacial score (nSPS) is 21.0. The van der Waals surface area contributed by atoms with Gasteiger partial charge in [-0.15, -0.1) is 12.4 Å². The van der Waals surface area contributed by atoms with Crippen LogP contribution in [0.3, 0.4) is 0 Å². The minimum atomic E-state index is -3.76. The Hall–Kier alpha value is -0.730. The van der Waals surface area contributed by atoms with Crippen LogP contribution in [0.5, 0.6) is 11.5 Å². The van der Waals surface area contributed by atoms with Crippen LogP contribution < -0.4 is 19.9 Å². The summed E-state index contributed by atoms with van der Waals surface area (Å²) in [5.74, 6) is 0.850. The van der Waals surface area contributed by atoms with E-state index in [2.05, 4.69) is 4.72 Å². The number of hydrogen-bond donors (Lipinski definition) is 2. The molecule has 0 amide bonds. The van der Waals surface area contributed by atoms with E-state index in [1.165, 1.54) is 26.4 Å². The summed E-state index contributed by atoms with van der Waals surface area (Å²) in [6.45, 7) is 0.465. The molecule has 1 aromatic carbocycles. The Balaban J connectivity index is 0.00000288. The Morgan fingerprint density at radius 2 is 1.79 bits per heavy atom. The average Bonchev–Trinajstić information content (AvgIpc) is 2.54. The highest BCUT2D eigenvalue weighted by molar-refractivity contribution is 7.89. The maximum absolute atomic E-state index is 12.7. The van der Waals surface area contributed by atoms with Crippen molar-refractivity contribution < 1.29 is 17.9 Å². The van der Waals surface area contributed by atoms with Crippen molar-refractivity contribution in [3.05, 3.63) is 17.2 Å². The van der Waals surface area contributed by atoms with Gasteiger partial charge < -0.3 is 15.2 Å². The molecule has 6 nitrogen and oxygen atoms in total. The van der Waals surface area contributed by atoms with Crippen LogP contribution in [0.1, 0.15) is 25.7 Å². The van der Waals surface area contributed by atoms with E-state index >= 15 is 0 Å².